The molecule has 0 aliphatic carbocycles. The van der Waals surface area contributed by atoms with E-state index >= 15 is 0 Å². The molecule has 1 amide bonds. The fourth-order valence-corrected chi connectivity index (χ4v) is 4.27. The van der Waals surface area contributed by atoms with Gasteiger partial charge in [0.25, 0.3) is 5.22 Å². The van der Waals surface area contributed by atoms with Crippen molar-refractivity contribution in [1.29, 1.82) is 0 Å². The summed E-state index contributed by atoms with van der Waals surface area (Å²) in [4.78, 5) is 13.2. The number of hydrogen-bond donors (Lipinski definition) is 1. The minimum absolute atomic E-state index is 0.137. The molecule has 32 heavy (non-hydrogen) atoms. The number of nitrogens with one attached hydrogen (secondary N) is 1. The topological polar surface area (TPSA) is 68.0 Å². The summed E-state index contributed by atoms with van der Waals surface area (Å²) in [6.07, 6.45) is 0.642. The number of rotatable bonds is 8. The molecule has 2 unspecified atom stereocenters. The molecule has 0 spiro atoms. The van der Waals surface area contributed by atoms with Crippen LogP contribution >= 0.6 is 11.8 Å². The zero-order valence-electron chi connectivity index (χ0n) is 18.1. The Bertz CT molecular complexity index is 1140. The van der Waals surface area contributed by atoms with Crippen molar-refractivity contribution in [1.82, 2.24) is 10.2 Å². The highest BCUT2D eigenvalue weighted by Gasteiger charge is 2.25. The molecular formula is C26H25N3O2S. The van der Waals surface area contributed by atoms with Gasteiger partial charge in [-0.15, -0.1) is 10.2 Å². The van der Waals surface area contributed by atoms with Crippen molar-refractivity contribution in [2.45, 2.75) is 36.7 Å². The van der Waals surface area contributed by atoms with Crippen LogP contribution in [-0.2, 0) is 11.2 Å². The molecule has 1 N–H and O–H groups in total. The van der Waals surface area contributed by atoms with Gasteiger partial charge in [0.1, 0.15) is 5.25 Å². The third-order valence-corrected chi connectivity index (χ3v) is 6.26. The number of amides is 1. The molecule has 0 bridgehead atoms. The normalized spacial score (nSPS) is 12.8. The van der Waals surface area contributed by atoms with Gasteiger partial charge in [-0.3, -0.25) is 4.79 Å². The van der Waals surface area contributed by atoms with Gasteiger partial charge in [0.2, 0.25) is 11.8 Å². The van der Waals surface area contributed by atoms with Crippen LogP contribution in [0.25, 0.3) is 0 Å². The van der Waals surface area contributed by atoms with E-state index in [1.807, 2.05) is 79.7 Å². The second-order valence-electron chi connectivity index (χ2n) is 7.74. The first-order chi connectivity index (χ1) is 15.6. The van der Waals surface area contributed by atoms with E-state index in [0.29, 0.717) is 17.5 Å². The highest BCUT2D eigenvalue weighted by atomic mass is 32.2. The molecule has 0 aliphatic rings. The Hall–Kier alpha value is -3.38. The molecule has 162 valence electrons. The Labute approximate surface area is 192 Å². The molecule has 4 aromatic rings. The molecule has 1 heterocycles. The third kappa shape index (κ3) is 5.65. The first-order valence-corrected chi connectivity index (χ1v) is 11.4. The highest BCUT2D eigenvalue weighted by molar-refractivity contribution is 8.00. The smallest absolute Gasteiger partial charge is 0.277 e. The van der Waals surface area contributed by atoms with Gasteiger partial charge in [0, 0.05) is 12.1 Å². The Balaban J connectivity index is 1.49. The van der Waals surface area contributed by atoms with Crippen molar-refractivity contribution in [2.24, 2.45) is 0 Å². The van der Waals surface area contributed by atoms with Crippen LogP contribution in [0.3, 0.4) is 0 Å². The minimum Gasteiger partial charge on any atom is -0.416 e. The number of aromatic nitrogens is 2. The van der Waals surface area contributed by atoms with Crippen molar-refractivity contribution in [2.75, 3.05) is 5.32 Å². The maximum Gasteiger partial charge on any atom is 0.277 e. The summed E-state index contributed by atoms with van der Waals surface area (Å²) < 4.78 is 5.90. The molecule has 3 aromatic carbocycles. The second kappa shape index (κ2) is 10.3. The van der Waals surface area contributed by atoms with Gasteiger partial charge in [0.15, 0.2) is 0 Å². The second-order valence-corrected chi connectivity index (χ2v) is 8.80. The number of benzene rings is 3. The van der Waals surface area contributed by atoms with E-state index in [4.69, 9.17) is 4.42 Å². The summed E-state index contributed by atoms with van der Waals surface area (Å²) >= 11 is 1.26. The van der Waals surface area contributed by atoms with Gasteiger partial charge in [-0.25, -0.2) is 0 Å². The molecule has 4 rings (SSSR count). The number of thioether (sulfide) groups is 1. The maximum atomic E-state index is 13.2. The van der Waals surface area contributed by atoms with E-state index in [1.165, 1.54) is 17.3 Å². The average molecular weight is 444 g/mol. The number of nitrogens with zero attached hydrogens (tertiary/aromatic N) is 2. The summed E-state index contributed by atoms with van der Waals surface area (Å²) in [5.41, 5.74) is 3.99. The predicted octanol–water partition coefficient (Wildman–Crippen LogP) is 6.20. The van der Waals surface area contributed by atoms with Crippen molar-refractivity contribution in [3.63, 3.8) is 0 Å². The Kier molecular flexibility index (Phi) is 7.02. The van der Waals surface area contributed by atoms with E-state index in [-0.39, 0.29) is 11.8 Å². The van der Waals surface area contributed by atoms with Crippen LogP contribution in [0.15, 0.2) is 94.6 Å². The van der Waals surface area contributed by atoms with Crippen LogP contribution in [0.4, 0.5) is 5.69 Å². The molecule has 0 saturated carbocycles. The lowest BCUT2D eigenvalue weighted by atomic mass is 9.98. The lowest BCUT2D eigenvalue weighted by Gasteiger charge is -2.15. The number of anilines is 1. The van der Waals surface area contributed by atoms with Crippen molar-refractivity contribution < 1.29 is 9.21 Å². The molecule has 0 radical (unpaired) electrons. The van der Waals surface area contributed by atoms with Crippen LogP contribution in [-0.4, -0.2) is 16.1 Å². The van der Waals surface area contributed by atoms with Gasteiger partial charge in [-0.2, -0.15) is 0 Å². The molecule has 0 fully saturated rings. The first-order valence-electron chi connectivity index (χ1n) is 10.5. The molecule has 6 heteroatoms. The molecule has 0 saturated heterocycles. The quantitative estimate of drug-likeness (QED) is 0.329. The van der Waals surface area contributed by atoms with Crippen molar-refractivity contribution in [3.05, 3.63) is 108 Å². The first kappa shape index (κ1) is 21.8. The van der Waals surface area contributed by atoms with Crippen molar-refractivity contribution >= 4 is 23.4 Å². The lowest BCUT2D eigenvalue weighted by Crippen LogP contribution is -2.19. The molecule has 1 aromatic heterocycles. The lowest BCUT2D eigenvalue weighted by molar-refractivity contribution is -0.115. The molecule has 5 nitrogen and oxygen atoms in total. The Morgan fingerprint density at radius 2 is 1.53 bits per heavy atom. The predicted molar refractivity (Wildman–Crippen MR) is 128 cm³/mol. The van der Waals surface area contributed by atoms with Crippen LogP contribution in [0, 0.1) is 6.92 Å². The summed E-state index contributed by atoms with van der Waals surface area (Å²) in [6.45, 7) is 4.15. The number of aryl methyl sites for hydroxylation is 1. The van der Waals surface area contributed by atoms with Gasteiger partial charge in [0.05, 0.1) is 0 Å². The monoisotopic (exact) mass is 443 g/mol. The number of carbonyl (C=O) groups excluding carboxylic acids is 1. The third-order valence-electron chi connectivity index (χ3n) is 5.18. The van der Waals surface area contributed by atoms with Crippen LogP contribution in [0.1, 0.15) is 40.7 Å². The molecule has 0 aliphatic heterocycles. The molecule has 2 atom stereocenters. The summed E-state index contributed by atoms with van der Waals surface area (Å²) in [6, 6.07) is 27.6. The SMILES string of the molecule is Cc1ccc(NC(=O)C(Sc2nnc(CC(C)c3ccccc3)o2)c2ccccc2)cc1. The van der Waals surface area contributed by atoms with E-state index < -0.39 is 5.25 Å². The zero-order chi connectivity index (χ0) is 22.3. The highest BCUT2D eigenvalue weighted by Crippen LogP contribution is 2.36. The van der Waals surface area contributed by atoms with Crippen LogP contribution in [0.5, 0.6) is 0 Å². The Morgan fingerprint density at radius 1 is 0.906 bits per heavy atom. The van der Waals surface area contributed by atoms with E-state index in [0.717, 1.165) is 16.8 Å². The van der Waals surface area contributed by atoms with Crippen molar-refractivity contribution in [3.8, 4) is 0 Å². The van der Waals surface area contributed by atoms with E-state index in [2.05, 4.69) is 34.6 Å². The van der Waals surface area contributed by atoms with E-state index in [9.17, 15) is 4.79 Å². The van der Waals surface area contributed by atoms with E-state index in [1.54, 1.807) is 0 Å². The maximum absolute atomic E-state index is 13.2. The van der Waals surface area contributed by atoms with Gasteiger partial charge >= 0.3 is 0 Å². The fraction of sp³-hybridized carbons (Fsp3) is 0.192. The fourth-order valence-electron chi connectivity index (χ4n) is 3.38. The van der Waals surface area contributed by atoms with Crippen LogP contribution < -0.4 is 5.32 Å². The largest absolute Gasteiger partial charge is 0.416 e. The number of carbonyl (C=O) groups is 1. The Morgan fingerprint density at radius 3 is 2.19 bits per heavy atom. The minimum atomic E-state index is -0.516. The summed E-state index contributed by atoms with van der Waals surface area (Å²) in [5.74, 6) is 0.682. The zero-order valence-corrected chi connectivity index (χ0v) is 18.9. The average Bonchev–Trinajstić information content (AvgIpc) is 3.27. The van der Waals surface area contributed by atoms with Crippen LogP contribution in [0.2, 0.25) is 0 Å². The summed E-state index contributed by atoms with van der Waals surface area (Å²) in [7, 11) is 0. The molecular weight excluding hydrogens is 418 g/mol. The van der Waals surface area contributed by atoms with Gasteiger partial charge in [-0.1, -0.05) is 85.3 Å². The van der Waals surface area contributed by atoms with Gasteiger partial charge in [-0.05, 0) is 47.9 Å². The standard InChI is InChI=1S/C26H25N3O2S/c1-18-13-15-22(16-14-18)27-25(30)24(21-11-7-4-8-12-21)32-26-29-28-23(31-26)17-19(2)20-9-5-3-6-10-20/h3-16,19,24H,17H2,1-2H3,(H,27,30). The number of hydrogen-bond acceptors (Lipinski definition) is 5. The summed E-state index contributed by atoms with van der Waals surface area (Å²) in [5, 5.41) is 11.3. The van der Waals surface area contributed by atoms with Gasteiger partial charge < -0.3 is 9.73 Å².